The number of nitrogens with one attached hydrogen (secondary N) is 1. The fourth-order valence-corrected chi connectivity index (χ4v) is 1.59. The number of amides is 1. The molecule has 6 heteroatoms. The van der Waals surface area contributed by atoms with Crippen molar-refractivity contribution in [3.8, 4) is 0 Å². The molecule has 0 aliphatic carbocycles. The Balaban J connectivity index is 2.86. The second-order valence-corrected chi connectivity index (χ2v) is 3.98. The topological polar surface area (TPSA) is 79.3 Å². The Kier molecular flexibility index (Phi) is 4.45. The fourth-order valence-electron chi connectivity index (χ4n) is 1.34. The Morgan fingerprint density at radius 3 is 2.65 bits per heavy atom. The molecule has 1 heterocycles. The van der Waals surface area contributed by atoms with Crippen molar-refractivity contribution in [3.05, 3.63) is 28.5 Å². The number of carboxylic acids is 1. The first-order chi connectivity index (χ1) is 7.93. The van der Waals surface area contributed by atoms with Crippen LogP contribution in [-0.4, -0.2) is 28.0 Å². The summed E-state index contributed by atoms with van der Waals surface area (Å²) in [5, 5.41) is 11.4. The van der Waals surface area contributed by atoms with Crippen LogP contribution in [0.25, 0.3) is 0 Å². The minimum atomic E-state index is -1.06. The lowest BCUT2D eigenvalue weighted by molar-refractivity contribution is -0.139. The monoisotopic (exact) mass is 256 g/mol. The third kappa shape index (κ3) is 3.71. The van der Waals surface area contributed by atoms with Gasteiger partial charge in [-0.1, -0.05) is 18.5 Å². The van der Waals surface area contributed by atoms with Gasteiger partial charge in [-0.05, 0) is 25.5 Å². The summed E-state index contributed by atoms with van der Waals surface area (Å²) in [4.78, 5) is 26.5. The van der Waals surface area contributed by atoms with Crippen LogP contribution in [0.3, 0.4) is 0 Å². The molecule has 0 saturated carbocycles. The quantitative estimate of drug-likeness (QED) is 0.803. The molecule has 0 saturated heterocycles. The molecule has 1 amide bonds. The summed E-state index contributed by atoms with van der Waals surface area (Å²) in [6, 6.07) is 2.06. The van der Waals surface area contributed by atoms with E-state index in [0.717, 1.165) is 0 Å². The van der Waals surface area contributed by atoms with Crippen molar-refractivity contribution in [2.75, 3.05) is 0 Å². The lowest BCUT2D eigenvalue weighted by atomic mass is 10.2. The average Bonchev–Trinajstić information content (AvgIpc) is 2.23. The minimum absolute atomic E-state index is 0.207. The van der Waals surface area contributed by atoms with Gasteiger partial charge in [0.25, 0.3) is 5.91 Å². The molecule has 1 aromatic heterocycles. The van der Waals surface area contributed by atoms with Gasteiger partial charge in [-0.3, -0.25) is 4.79 Å². The van der Waals surface area contributed by atoms with Gasteiger partial charge in [0.05, 0.1) is 0 Å². The SMILES string of the molecule is CCC(NC(=O)c1cc(C)nc(Cl)c1)C(=O)O. The summed E-state index contributed by atoms with van der Waals surface area (Å²) in [5.41, 5.74) is 0.910. The molecule has 0 spiro atoms. The summed E-state index contributed by atoms with van der Waals surface area (Å²) in [6.07, 6.45) is 0.318. The first kappa shape index (κ1) is 13.4. The van der Waals surface area contributed by atoms with Gasteiger partial charge in [0.2, 0.25) is 0 Å². The highest BCUT2D eigenvalue weighted by atomic mass is 35.5. The highest BCUT2D eigenvalue weighted by Gasteiger charge is 2.18. The van der Waals surface area contributed by atoms with E-state index < -0.39 is 17.9 Å². The van der Waals surface area contributed by atoms with Gasteiger partial charge in [-0.2, -0.15) is 0 Å². The van der Waals surface area contributed by atoms with Crippen LogP contribution in [0.4, 0.5) is 0 Å². The lowest BCUT2D eigenvalue weighted by Gasteiger charge is -2.12. The van der Waals surface area contributed by atoms with Crippen LogP contribution in [0.15, 0.2) is 12.1 Å². The Labute approximate surface area is 104 Å². The molecule has 5 nitrogen and oxygen atoms in total. The van der Waals surface area contributed by atoms with Gasteiger partial charge in [0.15, 0.2) is 0 Å². The maximum atomic E-state index is 11.8. The third-order valence-electron chi connectivity index (χ3n) is 2.20. The molecule has 0 aromatic carbocycles. The minimum Gasteiger partial charge on any atom is -0.480 e. The molecule has 1 unspecified atom stereocenters. The Bertz CT molecular complexity index is 428. The molecule has 17 heavy (non-hydrogen) atoms. The van der Waals surface area contributed by atoms with Crippen LogP contribution in [0.1, 0.15) is 29.4 Å². The molecule has 0 aliphatic rings. The number of nitrogens with zero attached hydrogens (tertiary/aromatic N) is 1. The smallest absolute Gasteiger partial charge is 0.326 e. The van der Waals surface area contributed by atoms with E-state index in [0.29, 0.717) is 17.7 Å². The number of carboxylic acid groups (broad SMARTS) is 1. The van der Waals surface area contributed by atoms with Gasteiger partial charge in [-0.25, -0.2) is 9.78 Å². The zero-order valence-corrected chi connectivity index (χ0v) is 10.3. The standard InChI is InChI=1S/C11H13ClN2O3/c1-3-8(11(16)17)14-10(15)7-4-6(2)13-9(12)5-7/h4-5,8H,3H2,1-2H3,(H,14,15)(H,16,17). The van der Waals surface area contributed by atoms with Crippen molar-refractivity contribution < 1.29 is 14.7 Å². The van der Waals surface area contributed by atoms with Crippen LogP contribution in [0, 0.1) is 6.92 Å². The van der Waals surface area contributed by atoms with Crippen LogP contribution in [0.2, 0.25) is 5.15 Å². The van der Waals surface area contributed by atoms with Crippen molar-refractivity contribution >= 4 is 23.5 Å². The highest BCUT2D eigenvalue weighted by molar-refractivity contribution is 6.29. The van der Waals surface area contributed by atoms with E-state index in [4.69, 9.17) is 16.7 Å². The zero-order valence-electron chi connectivity index (χ0n) is 9.53. The Hall–Kier alpha value is -1.62. The normalized spacial score (nSPS) is 11.9. The number of pyridine rings is 1. The lowest BCUT2D eigenvalue weighted by Crippen LogP contribution is -2.40. The molecule has 1 atom stereocenters. The summed E-state index contributed by atoms with van der Waals surface area (Å²) >= 11 is 5.72. The number of aromatic nitrogens is 1. The first-order valence-corrected chi connectivity index (χ1v) is 5.49. The average molecular weight is 257 g/mol. The van der Waals surface area contributed by atoms with Gasteiger partial charge < -0.3 is 10.4 Å². The third-order valence-corrected chi connectivity index (χ3v) is 2.39. The van der Waals surface area contributed by atoms with E-state index >= 15 is 0 Å². The summed E-state index contributed by atoms with van der Waals surface area (Å²) in [6.45, 7) is 3.39. The molecular weight excluding hydrogens is 244 g/mol. The van der Waals surface area contributed by atoms with Gasteiger partial charge >= 0.3 is 5.97 Å². The number of aliphatic carboxylic acids is 1. The number of halogens is 1. The number of rotatable bonds is 4. The van der Waals surface area contributed by atoms with Crippen LogP contribution >= 0.6 is 11.6 Å². The summed E-state index contributed by atoms with van der Waals surface area (Å²) in [5.74, 6) is -1.52. The number of hydrogen-bond donors (Lipinski definition) is 2. The first-order valence-electron chi connectivity index (χ1n) is 5.12. The zero-order chi connectivity index (χ0) is 13.0. The van der Waals surface area contributed by atoms with E-state index in [-0.39, 0.29) is 5.15 Å². The number of carbonyl (C=O) groups excluding carboxylic acids is 1. The van der Waals surface area contributed by atoms with E-state index in [1.807, 2.05) is 0 Å². The van der Waals surface area contributed by atoms with E-state index in [1.54, 1.807) is 19.9 Å². The molecule has 2 N–H and O–H groups in total. The molecule has 0 aliphatic heterocycles. The predicted molar refractivity (Wildman–Crippen MR) is 63.2 cm³/mol. The molecule has 0 bridgehead atoms. The largest absolute Gasteiger partial charge is 0.480 e. The maximum absolute atomic E-state index is 11.8. The molecule has 1 aromatic rings. The Morgan fingerprint density at radius 2 is 2.18 bits per heavy atom. The van der Waals surface area contributed by atoms with E-state index in [1.165, 1.54) is 6.07 Å². The van der Waals surface area contributed by atoms with E-state index in [2.05, 4.69) is 10.3 Å². The van der Waals surface area contributed by atoms with Gasteiger partial charge in [0.1, 0.15) is 11.2 Å². The number of aryl methyl sites for hydroxylation is 1. The van der Waals surface area contributed by atoms with Crippen molar-refractivity contribution in [1.82, 2.24) is 10.3 Å². The van der Waals surface area contributed by atoms with Crippen LogP contribution in [0.5, 0.6) is 0 Å². The molecule has 92 valence electrons. The highest BCUT2D eigenvalue weighted by Crippen LogP contribution is 2.10. The van der Waals surface area contributed by atoms with Crippen LogP contribution in [-0.2, 0) is 4.79 Å². The number of carbonyl (C=O) groups is 2. The summed E-state index contributed by atoms with van der Waals surface area (Å²) < 4.78 is 0. The molecule has 0 radical (unpaired) electrons. The predicted octanol–water partition coefficient (Wildman–Crippen LogP) is 1.64. The Morgan fingerprint density at radius 1 is 1.53 bits per heavy atom. The second kappa shape index (κ2) is 5.63. The molecular formula is C11H13ClN2O3. The number of hydrogen-bond acceptors (Lipinski definition) is 3. The van der Waals surface area contributed by atoms with Crippen molar-refractivity contribution in [2.24, 2.45) is 0 Å². The summed E-state index contributed by atoms with van der Waals surface area (Å²) in [7, 11) is 0. The fraction of sp³-hybridized carbons (Fsp3) is 0.364. The molecule has 0 fully saturated rings. The van der Waals surface area contributed by atoms with Crippen molar-refractivity contribution in [1.29, 1.82) is 0 Å². The van der Waals surface area contributed by atoms with Crippen molar-refractivity contribution in [3.63, 3.8) is 0 Å². The van der Waals surface area contributed by atoms with Crippen molar-refractivity contribution in [2.45, 2.75) is 26.3 Å². The molecule has 1 rings (SSSR count). The van der Waals surface area contributed by atoms with Gasteiger partial charge in [-0.15, -0.1) is 0 Å². The van der Waals surface area contributed by atoms with Crippen LogP contribution < -0.4 is 5.32 Å². The van der Waals surface area contributed by atoms with Gasteiger partial charge in [0, 0.05) is 11.3 Å². The second-order valence-electron chi connectivity index (χ2n) is 3.59. The maximum Gasteiger partial charge on any atom is 0.326 e. The van der Waals surface area contributed by atoms with E-state index in [9.17, 15) is 9.59 Å².